The highest BCUT2D eigenvalue weighted by molar-refractivity contribution is 6.31. The zero-order valence-corrected chi connectivity index (χ0v) is 14.5. The molecule has 0 N–H and O–H groups in total. The van der Waals surface area contributed by atoms with Crippen LogP contribution in [0.25, 0.3) is 0 Å². The Bertz CT molecular complexity index is 768. The minimum Gasteiger partial charge on any atom is -0.331 e. The van der Waals surface area contributed by atoms with Crippen LogP contribution in [0.1, 0.15) is 55.4 Å². The van der Waals surface area contributed by atoms with Gasteiger partial charge in [0.15, 0.2) is 5.82 Å². The molecule has 0 spiro atoms. The minimum absolute atomic E-state index is 0.0162. The Hall–Kier alpha value is -1.88. The van der Waals surface area contributed by atoms with Gasteiger partial charge in [0.1, 0.15) is 5.82 Å². The Morgan fingerprint density at radius 1 is 1.29 bits per heavy atom. The normalized spacial score (nSPS) is 20.1. The quantitative estimate of drug-likeness (QED) is 0.854. The number of benzene rings is 1. The smallest absolute Gasteiger partial charge is 0.223 e. The van der Waals surface area contributed by atoms with Crippen LogP contribution in [0.4, 0.5) is 0 Å². The zero-order chi connectivity index (χ0) is 16.7. The van der Waals surface area contributed by atoms with Crippen molar-refractivity contribution in [2.24, 2.45) is 0 Å². The van der Waals surface area contributed by atoms with Crippen molar-refractivity contribution >= 4 is 17.5 Å². The van der Waals surface area contributed by atoms with Crippen LogP contribution in [0.2, 0.25) is 5.02 Å². The fourth-order valence-electron chi connectivity index (χ4n) is 3.32. The first-order valence-corrected chi connectivity index (χ1v) is 8.99. The van der Waals surface area contributed by atoms with Crippen LogP contribution in [0, 0.1) is 0 Å². The molecule has 0 bridgehead atoms. The van der Waals surface area contributed by atoms with Gasteiger partial charge in [0.2, 0.25) is 5.91 Å². The summed E-state index contributed by atoms with van der Waals surface area (Å²) in [6, 6.07) is 7.69. The minimum atomic E-state index is -0.0162. The van der Waals surface area contributed by atoms with Crippen molar-refractivity contribution in [1.29, 1.82) is 0 Å². The van der Waals surface area contributed by atoms with Gasteiger partial charge in [-0.3, -0.25) is 4.79 Å². The fraction of sp³-hybridized carbons (Fsp3) is 0.500. The Morgan fingerprint density at radius 2 is 2.08 bits per heavy atom. The van der Waals surface area contributed by atoms with E-state index in [0.29, 0.717) is 25.3 Å². The Labute approximate surface area is 146 Å². The van der Waals surface area contributed by atoms with Gasteiger partial charge in [0.05, 0.1) is 12.6 Å². The number of halogens is 1. The summed E-state index contributed by atoms with van der Waals surface area (Å²) in [5.41, 5.74) is 1.02. The summed E-state index contributed by atoms with van der Waals surface area (Å²) >= 11 is 6.18. The van der Waals surface area contributed by atoms with Gasteiger partial charge in [-0.05, 0) is 37.8 Å². The summed E-state index contributed by atoms with van der Waals surface area (Å²) < 4.78 is 1.98. The predicted octanol–water partition coefficient (Wildman–Crippen LogP) is 3.34. The number of aromatic nitrogens is 3. The van der Waals surface area contributed by atoms with E-state index in [2.05, 4.69) is 5.10 Å². The van der Waals surface area contributed by atoms with E-state index in [0.717, 1.165) is 28.8 Å². The van der Waals surface area contributed by atoms with Crippen LogP contribution < -0.4 is 0 Å². The van der Waals surface area contributed by atoms with Gasteiger partial charge < -0.3 is 4.90 Å². The Kier molecular flexibility index (Phi) is 4.04. The van der Waals surface area contributed by atoms with Gasteiger partial charge in [-0.15, -0.1) is 0 Å². The lowest BCUT2D eigenvalue weighted by atomic mass is 10.1. The van der Waals surface area contributed by atoms with Crippen LogP contribution in [0.3, 0.4) is 0 Å². The van der Waals surface area contributed by atoms with Crippen LogP contribution in [-0.4, -0.2) is 32.1 Å². The molecule has 1 atom stereocenters. The highest BCUT2D eigenvalue weighted by atomic mass is 35.5. The van der Waals surface area contributed by atoms with Gasteiger partial charge in [-0.2, -0.15) is 5.10 Å². The SMILES string of the molecule is C[C@@H]1c2nc(C3CC3)nn2CCN1C(=O)CCc1ccccc1Cl. The lowest BCUT2D eigenvalue weighted by molar-refractivity contribution is -0.134. The largest absolute Gasteiger partial charge is 0.331 e. The number of carbonyl (C=O) groups is 1. The number of amides is 1. The van der Waals surface area contributed by atoms with Crippen molar-refractivity contribution in [2.75, 3.05) is 6.54 Å². The molecule has 1 aromatic carbocycles. The molecule has 0 saturated heterocycles. The number of carbonyl (C=O) groups excluding carboxylic acids is 1. The van der Waals surface area contributed by atoms with E-state index in [1.54, 1.807) is 0 Å². The fourth-order valence-corrected chi connectivity index (χ4v) is 3.55. The monoisotopic (exact) mass is 344 g/mol. The summed E-state index contributed by atoms with van der Waals surface area (Å²) in [7, 11) is 0. The van der Waals surface area contributed by atoms with E-state index in [9.17, 15) is 4.79 Å². The van der Waals surface area contributed by atoms with Gasteiger partial charge in [-0.25, -0.2) is 9.67 Å². The maximum absolute atomic E-state index is 12.7. The van der Waals surface area contributed by atoms with E-state index in [1.165, 1.54) is 12.8 Å². The molecule has 1 amide bonds. The van der Waals surface area contributed by atoms with Crippen molar-refractivity contribution in [1.82, 2.24) is 19.7 Å². The molecule has 2 aliphatic rings. The van der Waals surface area contributed by atoms with Gasteiger partial charge in [-0.1, -0.05) is 29.8 Å². The van der Waals surface area contributed by atoms with Crippen LogP contribution in [-0.2, 0) is 17.8 Å². The van der Waals surface area contributed by atoms with Crippen LogP contribution >= 0.6 is 11.6 Å². The molecule has 24 heavy (non-hydrogen) atoms. The standard InChI is InChI=1S/C18H21ClN4O/c1-12-18-20-17(14-6-7-14)21-23(18)11-10-22(12)16(24)9-8-13-4-2-3-5-15(13)19/h2-5,12,14H,6-11H2,1H3/t12-/m1/s1. The second kappa shape index (κ2) is 6.20. The molecule has 2 aromatic rings. The molecule has 1 fully saturated rings. The molecule has 4 rings (SSSR count). The first-order chi connectivity index (χ1) is 11.6. The van der Waals surface area contributed by atoms with E-state index in [-0.39, 0.29) is 11.9 Å². The van der Waals surface area contributed by atoms with Crippen molar-refractivity contribution in [3.05, 3.63) is 46.5 Å². The second-order valence-electron chi connectivity index (χ2n) is 6.68. The summed E-state index contributed by atoms with van der Waals surface area (Å²) in [4.78, 5) is 19.3. The van der Waals surface area contributed by atoms with Crippen molar-refractivity contribution in [3.63, 3.8) is 0 Å². The maximum atomic E-state index is 12.7. The van der Waals surface area contributed by atoms with E-state index >= 15 is 0 Å². The average Bonchev–Trinajstić information content (AvgIpc) is 3.33. The molecule has 0 radical (unpaired) electrons. The number of fused-ring (bicyclic) bond motifs is 1. The number of rotatable bonds is 4. The van der Waals surface area contributed by atoms with E-state index in [1.807, 2.05) is 40.8 Å². The van der Waals surface area contributed by atoms with Crippen LogP contribution in [0.15, 0.2) is 24.3 Å². The van der Waals surface area contributed by atoms with E-state index in [4.69, 9.17) is 16.6 Å². The van der Waals surface area contributed by atoms with Gasteiger partial charge in [0.25, 0.3) is 0 Å². The van der Waals surface area contributed by atoms with Gasteiger partial charge in [0, 0.05) is 23.9 Å². The summed E-state index contributed by atoms with van der Waals surface area (Å²) in [5.74, 6) is 2.58. The average molecular weight is 345 g/mol. The molecule has 1 aliphatic heterocycles. The van der Waals surface area contributed by atoms with E-state index < -0.39 is 0 Å². The third kappa shape index (κ3) is 2.93. The maximum Gasteiger partial charge on any atom is 0.223 e. The molecule has 0 unspecified atom stereocenters. The summed E-state index contributed by atoms with van der Waals surface area (Å²) in [6.07, 6.45) is 3.52. The zero-order valence-electron chi connectivity index (χ0n) is 13.8. The highest BCUT2D eigenvalue weighted by Gasteiger charge is 2.34. The Morgan fingerprint density at radius 3 is 2.83 bits per heavy atom. The van der Waals surface area contributed by atoms with Crippen molar-refractivity contribution < 1.29 is 4.79 Å². The summed E-state index contributed by atoms with van der Waals surface area (Å²) in [5, 5.41) is 5.34. The summed E-state index contributed by atoms with van der Waals surface area (Å²) in [6.45, 7) is 3.48. The van der Waals surface area contributed by atoms with Gasteiger partial charge >= 0.3 is 0 Å². The molecular formula is C18H21ClN4O. The first kappa shape index (κ1) is 15.6. The number of hydrogen-bond acceptors (Lipinski definition) is 3. The molecule has 5 nitrogen and oxygen atoms in total. The molecular weight excluding hydrogens is 324 g/mol. The molecule has 2 heterocycles. The van der Waals surface area contributed by atoms with Crippen molar-refractivity contribution in [3.8, 4) is 0 Å². The molecule has 126 valence electrons. The van der Waals surface area contributed by atoms with Crippen molar-refractivity contribution in [2.45, 2.75) is 51.1 Å². The molecule has 1 aromatic heterocycles. The first-order valence-electron chi connectivity index (χ1n) is 8.61. The molecule has 6 heteroatoms. The second-order valence-corrected chi connectivity index (χ2v) is 7.09. The Balaban J connectivity index is 1.44. The third-order valence-corrected chi connectivity index (χ3v) is 5.31. The van der Waals surface area contributed by atoms with Crippen LogP contribution in [0.5, 0.6) is 0 Å². The molecule has 1 saturated carbocycles. The lowest BCUT2D eigenvalue weighted by Gasteiger charge is -2.33. The number of hydrogen-bond donors (Lipinski definition) is 0. The highest BCUT2D eigenvalue weighted by Crippen LogP contribution is 2.39. The third-order valence-electron chi connectivity index (χ3n) is 4.94. The number of aryl methyl sites for hydroxylation is 1. The topological polar surface area (TPSA) is 51.0 Å². The predicted molar refractivity (Wildman–Crippen MR) is 91.9 cm³/mol. The lowest BCUT2D eigenvalue weighted by Crippen LogP contribution is -2.41. The molecule has 1 aliphatic carbocycles. The number of nitrogens with zero attached hydrogens (tertiary/aromatic N) is 4.